The summed E-state index contributed by atoms with van der Waals surface area (Å²) >= 11 is 0. The van der Waals surface area contributed by atoms with E-state index in [1.165, 1.54) is 0 Å². The van der Waals surface area contributed by atoms with Gasteiger partial charge >= 0.3 is 0 Å². The standard InChI is InChI=1S/C14H29N3O3S/c1-4-16(13(3)12-21(19,20)5-2)9-6-14(18)17-10-7-15-8-11-17/h13,15H,4-12H2,1-3H3. The lowest BCUT2D eigenvalue weighted by Crippen LogP contribution is -2.47. The predicted octanol–water partition coefficient (Wildman–Crippen LogP) is -0.0466. The van der Waals surface area contributed by atoms with Gasteiger partial charge in [-0.3, -0.25) is 9.69 Å². The Morgan fingerprint density at radius 1 is 1.29 bits per heavy atom. The van der Waals surface area contributed by atoms with Crippen molar-refractivity contribution in [2.24, 2.45) is 0 Å². The van der Waals surface area contributed by atoms with E-state index in [9.17, 15) is 13.2 Å². The minimum absolute atomic E-state index is 0.0456. The lowest BCUT2D eigenvalue weighted by atomic mass is 10.2. The Bertz CT molecular complexity index is 419. The Morgan fingerprint density at radius 3 is 2.43 bits per heavy atom. The Labute approximate surface area is 128 Å². The molecular formula is C14H29N3O3S. The second kappa shape index (κ2) is 8.70. The molecule has 1 saturated heterocycles. The maximum atomic E-state index is 12.1. The Kier molecular flexibility index (Phi) is 7.62. The summed E-state index contributed by atoms with van der Waals surface area (Å²) in [4.78, 5) is 16.1. The molecule has 1 aliphatic heterocycles. The molecule has 1 rings (SSSR count). The van der Waals surface area contributed by atoms with Gasteiger partial charge in [0, 0.05) is 50.9 Å². The molecule has 1 amide bonds. The van der Waals surface area contributed by atoms with Crippen molar-refractivity contribution in [2.75, 3.05) is 50.8 Å². The van der Waals surface area contributed by atoms with E-state index < -0.39 is 9.84 Å². The van der Waals surface area contributed by atoms with E-state index in [1.54, 1.807) is 6.92 Å². The van der Waals surface area contributed by atoms with Gasteiger partial charge in [-0.05, 0) is 13.5 Å². The molecule has 1 unspecified atom stereocenters. The molecule has 1 aliphatic rings. The molecule has 7 heteroatoms. The minimum atomic E-state index is -2.98. The van der Waals surface area contributed by atoms with Gasteiger partial charge in [0.15, 0.2) is 9.84 Å². The van der Waals surface area contributed by atoms with Gasteiger partial charge in [-0.1, -0.05) is 13.8 Å². The summed E-state index contributed by atoms with van der Waals surface area (Å²) in [5.74, 6) is 0.508. The number of carbonyl (C=O) groups excluding carboxylic acids is 1. The number of piperazine rings is 1. The van der Waals surface area contributed by atoms with Crippen LogP contribution in [0, 0.1) is 0 Å². The van der Waals surface area contributed by atoms with Gasteiger partial charge in [-0.25, -0.2) is 8.42 Å². The SMILES string of the molecule is CCN(CCC(=O)N1CCNCC1)C(C)CS(=O)(=O)CC. The predicted molar refractivity (Wildman–Crippen MR) is 85.1 cm³/mol. The van der Waals surface area contributed by atoms with Gasteiger partial charge in [0.25, 0.3) is 0 Å². The van der Waals surface area contributed by atoms with Crippen LogP contribution < -0.4 is 5.32 Å². The smallest absolute Gasteiger partial charge is 0.223 e. The van der Waals surface area contributed by atoms with Crippen LogP contribution in [0.15, 0.2) is 0 Å². The van der Waals surface area contributed by atoms with Crippen molar-refractivity contribution in [3.63, 3.8) is 0 Å². The number of nitrogens with zero attached hydrogens (tertiary/aromatic N) is 2. The normalized spacial score (nSPS) is 18.0. The summed E-state index contributed by atoms with van der Waals surface area (Å²) in [6, 6.07) is -0.0456. The van der Waals surface area contributed by atoms with Gasteiger partial charge < -0.3 is 10.2 Å². The van der Waals surface area contributed by atoms with Gasteiger partial charge in [0.05, 0.1) is 5.75 Å². The van der Waals surface area contributed by atoms with Crippen LogP contribution in [0.3, 0.4) is 0 Å². The molecule has 0 aromatic heterocycles. The van der Waals surface area contributed by atoms with E-state index in [2.05, 4.69) is 10.2 Å². The van der Waals surface area contributed by atoms with Crippen LogP contribution in [0.2, 0.25) is 0 Å². The molecule has 124 valence electrons. The fourth-order valence-electron chi connectivity index (χ4n) is 2.59. The van der Waals surface area contributed by atoms with Crippen LogP contribution >= 0.6 is 0 Å². The summed E-state index contributed by atoms with van der Waals surface area (Å²) in [5, 5.41) is 3.23. The molecule has 1 fully saturated rings. The number of rotatable bonds is 8. The third kappa shape index (κ3) is 6.32. The molecule has 0 saturated carbocycles. The summed E-state index contributed by atoms with van der Waals surface area (Å²) in [7, 11) is -2.98. The van der Waals surface area contributed by atoms with E-state index in [0.717, 1.165) is 32.7 Å². The van der Waals surface area contributed by atoms with Crippen molar-refractivity contribution < 1.29 is 13.2 Å². The van der Waals surface area contributed by atoms with Crippen molar-refractivity contribution in [2.45, 2.75) is 33.2 Å². The Balaban J connectivity index is 2.44. The van der Waals surface area contributed by atoms with E-state index in [-0.39, 0.29) is 23.5 Å². The molecule has 0 spiro atoms. The fourth-order valence-corrected chi connectivity index (χ4v) is 3.77. The van der Waals surface area contributed by atoms with Crippen LogP contribution in [0.5, 0.6) is 0 Å². The van der Waals surface area contributed by atoms with Crippen LogP contribution in [0.25, 0.3) is 0 Å². The van der Waals surface area contributed by atoms with Crippen molar-refractivity contribution >= 4 is 15.7 Å². The number of amides is 1. The zero-order valence-corrected chi connectivity index (χ0v) is 14.3. The molecule has 0 aromatic rings. The highest BCUT2D eigenvalue weighted by Gasteiger charge is 2.21. The molecule has 21 heavy (non-hydrogen) atoms. The zero-order valence-electron chi connectivity index (χ0n) is 13.5. The Morgan fingerprint density at radius 2 is 1.90 bits per heavy atom. The number of hydrogen-bond acceptors (Lipinski definition) is 5. The second-order valence-electron chi connectivity index (χ2n) is 5.56. The maximum absolute atomic E-state index is 12.1. The third-order valence-corrected chi connectivity index (χ3v) is 5.92. The third-order valence-electron chi connectivity index (χ3n) is 4.05. The first kappa shape index (κ1) is 18.4. The second-order valence-corrected chi connectivity index (χ2v) is 7.96. The van der Waals surface area contributed by atoms with Crippen LogP contribution in [-0.2, 0) is 14.6 Å². The molecule has 0 bridgehead atoms. The van der Waals surface area contributed by atoms with Crippen LogP contribution in [0.1, 0.15) is 27.2 Å². The van der Waals surface area contributed by atoms with Gasteiger partial charge in [0.1, 0.15) is 0 Å². The molecule has 0 aliphatic carbocycles. The lowest BCUT2D eigenvalue weighted by molar-refractivity contribution is -0.132. The van der Waals surface area contributed by atoms with Crippen LogP contribution in [-0.4, -0.2) is 80.9 Å². The molecule has 0 radical (unpaired) electrons. The highest BCUT2D eigenvalue weighted by Crippen LogP contribution is 2.06. The first-order valence-electron chi connectivity index (χ1n) is 7.82. The number of sulfone groups is 1. The van der Waals surface area contributed by atoms with Crippen LogP contribution in [0.4, 0.5) is 0 Å². The molecule has 1 N–H and O–H groups in total. The van der Waals surface area contributed by atoms with E-state index in [1.807, 2.05) is 18.7 Å². The number of hydrogen-bond donors (Lipinski definition) is 1. The van der Waals surface area contributed by atoms with Crippen molar-refractivity contribution in [1.29, 1.82) is 0 Å². The maximum Gasteiger partial charge on any atom is 0.223 e. The molecule has 1 atom stereocenters. The highest BCUT2D eigenvalue weighted by atomic mass is 32.2. The molecular weight excluding hydrogens is 290 g/mol. The van der Waals surface area contributed by atoms with Gasteiger partial charge in [-0.2, -0.15) is 0 Å². The lowest BCUT2D eigenvalue weighted by Gasteiger charge is -2.30. The number of carbonyl (C=O) groups is 1. The van der Waals surface area contributed by atoms with Gasteiger partial charge in [0.2, 0.25) is 5.91 Å². The zero-order chi connectivity index (χ0) is 15.9. The molecule has 1 heterocycles. The van der Waals surface area contributed by atoms with E-state index >= 15 is 0 Å². The summed E-state index contributed by atoms with van der Waals surface area (Å²) in [5.41, 5.74) is 0. The van der Waals surface area contributed by atoms with Crippen molar-refractivity contribution in [3.05, 3.63) is 0 Å². The fraction of sp³-hybridized carbons (Fsp3) is 0.929. The highest BCUT2D eigenvalue weighted by molar-refractivity contribution is 7.91. The summed E-state index contributed by atoms with van der Waals surface area (Å²) in [6.07, 6.45) is 0.463. The topological polar surface area (TPSA) is 69.7 Å². The average Bonchev–Trinajstić information content (AvgIpc) is 2.48. The van der Waals surface area contributed by atoms with Gasteiger partial charge in [-0.15, -0.1) is 0 Å². The summed E-state index contributed by atoms with van der Waals surface area (Å²) < 4.78 is 23.4. The van der Waals surface area contributed by atoms with Crippen molar-refractivity contribution in [1.82, 2.24) is 15.1 Å². The van der Waals surface area contributed by atoms with Crippen molar-refractivity contribution in [3.8, 4) is 0 Å². The van der Waals surface area contributed by atoms with E-state index in [4.69, 9.17) is 0 Å². The minimum Gasteiger partial charge on any atom is -0.340 e. The molecule has 6 nitrogen and oxygen atoms in total. The number of nitrogens with one attached hydrogen (secondary N) is 1. The van der Waals surface area contributed by atoms with E-state index in [0.29, 0.717) is 13.0 Å². The first-order chi connectivity index (χ1) is 9.89. The quantitative estimate of drug-likeness (QED) is 0.679. The average molecular weight is 319 g/mol. The largest absolute Gasteiger partial charge is 0.340 e. The monoisotopic (exact) mass is 319 g/mol. The molecule has 0 aromatic carbocycles. The Hall–Kier alpha value is -0.660. The summed E-state index contributed by atoms with van der Waals surface area (Å²) in [6.45, 7) is 10.2. The first-order valence-corrected chi connectivity index (χ1v) is 9.64.